The van der Waals surface area contributed by atoms with Crippen LogP contribution in [0.1, 0.15) is 43.7 Å². The zero-order valence-corrected chi connectivity index (χ0v) is 10.8. The molecule has 2 nitrogen and oxygen atoms in total. The molecule has 1 fully saturated rings. The van der Waals surface area contributed by atoms with Crippen molar-refractivity contribution in [2.24, 2.45) is 5.41 Å². The van der Waals surface area contributed by atoms with E-state index in [-0.39, 0.29) is 11.4 Å². The predicted molar refractivity (Wildman–Crippen MR) is 67.9 cm³/mol. The number of hydrogen-bond donors (Lipinski definition) is 0. The average Bonchev–Trinajstić information content (AvgIpc) is 3.09. The maximum atomic E-state index is 11.7. The van der Waals surface area contributed by atoms with Crippen LogP contribution in [0.5, 0.6) is 0 Å². The van der Waals surface area contributed by atoms with Crippen LogP contribution in [0.4, 0.5) is 0 Å². The second-order valence-corrected chi connectivity index (χ2v) is 5.34. The molecule has 1 saturated carbocycles. The first-order chi connectivity index (χ1) is 8.07. The summed E-state index contributed by atoms with van der Waals surface area (Å²) in [5.74, 6) is 0.505. The zero-order chi connectivity index (χ0) is 12.5. The van der Waals surface area contributed by atoms with Crippen LogP contribution in [-0.4, -0.2) is 13.1 Å². The standard InChI is InChI=1S/C15H20O2/c1-11(2)13-6-4-12(5-7-13)10-15(8-9-15)14(16)17-3/h4-7,11H,8-10H2,1-3H3. The number of esters is 1. The van der Waals surface area contributed by atoms with Crippen molar-refractivity contribution in [1.29, 1.82) is 0 Å². The van der Waals surface area contributed by atoms with Crippen molar-refractivity contribution in [1.82, 2.24) is 0 Å². The molecule has 1 aromatic carbocycles. The molecule has 92 valence electrons. The van der Waals surface area contributed by atoms with Crippen LogP contribution in [0, 0.1) is 5.41 Å². The van der Waals surface area contributed by atoms with Crippen LogP contribution >= 0.6 is 0 Å². The number of methoxy groups -OCH3 is 1. The third-order valence-corrected chi connectivity index (χ3v) is 3.66. The summed E-state index contributed by atoms with van der Waals surface area (Å²) in [6.07, 6.45) is 2.75. The molecular weight excluding hydrogens is 212 g/mol. The van der Waals surface area contributed by atoms with E-state index in [1.165, 1.54) is 18.2 Å². The van der Waals surface area contributed by atoms with Crippen molar-refractivity contribution in [3.63, 3.8) is 0 Å². The Hall–Kier alpha value is -1.31. The quantitative estimate of drug-likeness (QED) is 0.744. The summed E-state index contributed by atoms with van der Waals surface area (Å²) >= 11 is 0. The largest absolute Gasteiger partial charge is 0.469 e. The van der Waals surface area contributed by atoms with Crippen molar-refractivity contribution < 1.29 is 9.53 Å². The Morgan fingerprint density at radius 1 is 1.29 bits per heavy atom. The van der Waals surface area contributed by atoms with Crippen molar-refractivity contribution in [3.8, 4) is 0 Å². The zero-order valence-electron chi connectivity index (χ0n) is 10.8. The van der Waals surface area contributed by atoms with Crippen LogP contribution in [0.3, 0.4) is 0 Å². The van der Waals surface area contributed by atoms with E-state index in [0.717, 1.165) is 19.3 Å². The molecular formula is C15H20O2. The summed E-state index contributed by atoms with van der Waals surface area (Å²) in [6.45, 7) is 4.37. The molecule has 1 aliphatic rings. The minimum Gasteiger partial charge on any atom is -0.469 e. The lowest BCUT2D eigenvalue weighted by molar-refractivity contribution is -0.147. The molecule has 0 spiro atoms. The summed E-state index contributed by atoms with van der Waals surface area (Å²) in [5.41, 5.74) is 2.36. The predicted octanol–water partition coefficient (Wildman–Crippen LogP) is 3.31. The Morgan fingerprint density at radius 3 is 2.29 bits per heavy atom. The van der Waals surface area contributed by atoms with Gasteiger partial charge in [0.15, 0.2) is 0 Å². The summed E-state index contributed by atoms with van der Waals surface area (Å²) < 4.78 is 4.87. The van der Waals surface area contributed by atoms with E-state index in [0.29, 0.717) is 5.92 Å². The Bertz CT molecular complexity index is 399. The van der Waals surface area contributed by atoms with E-state index in [1.807, 2.05) is 0 Å². The number of rotatable bonds is 4. The lowest BCUT2D eigenvalue weighted by Gasteiger charge is -2.13. The molecule has 0 amide bonds. The molecule has 0 radical (unpaired) electrons. The van der Waals surface area contributed by atoms with Crippen LogP contribution < -0.4 is 0 Å². The minimum atomic E-state index is -0.214. The van der Waals surface area contributed by atoms with Crippen LogP contribution in [-0.2, 0) is 16.0 Å². The molecule has 0 unspecified atom stereocenters. The summed E-state index contributed by atoms with van der Waals surface area (Å²) in [5, 5.41) is 0. The number of ether oxygens (including phenoxy) is 1. The monoisotopic (exact) mass is 232 g/mol. The summed E-state index contributed by atoms with van der Waals surface area (Å²) in [7, 11) is 1.48. The van der Waals surface area contributed by atoms with E-state index in [2.05, 4.69) is 38.1 Å². The maximum Gasteiger partial charge on any atom is 0.312 e. The average molecular weight is 232 g/mol. The first-order valence-electron chi connectivity index (χ1n) is 6.25. The van der Waals surface area contributed by atoms with Gasteiger partial charge in [-0.25, -0.2) is 0 Å². The second kappa shape index (κ2) is 4.52. The fourth-order valence-electron chi connectivity index (χ4n) is 2.23. The van der Waals surface area contributed by atoms with E-state index >= 15 is 0 Å². The summed E-state index contributed by atoms with van der Waals surface area (Å²) in [4.78, 5) is 11.7. The van der Waals surface area contributed by atoms with Gasteiger partial charge < -0.3 is 4.74 Å². The van der Waals surface area contributed by atoms with Gasteiger partial charge in [-0.1, -0.05) is 38.1 Å². The van der Waals surface area contributed by atoms with Gasteiger partial charge in [-0.3, -0.25) is 4.79 Å². The van der Waals surface area contributed by atoms with Crippen molar-refractivity contribution in [3.05, 3.63) is 35.4 Å². The molecule has 0 saturated heterocycles. The fraction of sp³-hybridized carbons (Fsp3) is 0.533. The van der Waals surface area contributed by atoms with Gasteiger partial charge in [0, 0.05) is 0 Å². The number of carbonyl (C=O) groups is 1. The molecule has 1 aromatic rings. The second-order valence-electron chi connectivity index (χ2n) is 5.34. The van der Waals surface area contributed by atoms with Gasteiger partial charge in [0.1, 0.15) is 0 Å². The van der Waals surface area contributed by atoms with E-state index in [1.54, 1.807) is 0 Å². The molecule has 0 atom stereocenters. The third kappa shape index (κ3) is 2.51. The van der Waals surface area contributed by atoms with Crippen molar-refractivity contribution in [2.45, 2.75) is 39.0 Å². The van der Waals surface area contributed by atoms with Gasteiger partial charge >= 0.3 is 5.97 Å². The highest BCUT2D eigenvalue weighted by atomic mass is 16.5. The highest BCUT2D eigenvalue weighted by Crippen LogP contribution is 2.49. The molecule has 0 aliphatic heterocycles. The molecule has 1 aliphatic carbocycles. The lowest BCUT2D eigenvalue weighted by Crippen LogP contribution is -2.19. The molecule has 0 N–H and O–H groups in total. The highest BCUT2D eigenvalue weighted by Gasteiger charge is 2.50. The van der Waals surface area contributed by atoms with Crippen LogP contribution in [0.25, 0.3) is 0 Å². The van der Waals surface area contributed by atoms with Gasteiger partial charge in [-0.15, -0.1) is 0 Å². The Kier molecular flexibility index (Phi) is 3.23. The molecule has 2 rings (SSSR count). The Labute approximate surface area is 103 Å². The molecule has 2 heteroatoms. The van der Waals surface area contributed by atoms with Gasteiger partial charge in [0.05, 0.1) is 12.5 Å². The van der Waals surface area contributed by atoms with E-state index < -0.39 is 0 Å². The van der Waals surface area contributed by atoms with Crippen molar-refractivity contribution >= 4 is 5.97 Å². The molecule has 0 heterocycles. The summed E-state index contributed by atoms with van der Waals surface area (Å²) in [6, 6.07) is 8.59. The number of carbonyl (C=O) groups excluding carboxylic acids is 1. The number of benzene rings is 1. The van der Waals surface area contributed by atoms with Crippen LogP contribution in [0.2, 0.25) is 0 Å². The molecule has 0 bridgehead atoms. The fourth-order valence-corrected chi connectivity index (χ4v) is 2.23. The normalized spacial score (nSPS) is 16.9. The van der Waals surface area contributed by atoms with E-state index in [4.69, 9.17) is 4.74 Å². The van der Waals surface area contributed by atoms with Gasteiger partial charge in [-0.05, 0) is 36.3 Å². The topological polar surface area (TPSA) is 26.3 Å². The SMILES string of the molecule is COC(=O)C1(Cc2ccc(C(C)C)cc2)CC1. The van der Waals surface area contributed by atoms with Gasteiger partial charge in [0.2, 0.25) is 0 Å². The van der Waals surface area contributed by atoms with Crippen LogP contribution in [0.15, 0.2) is 24.3 Å². The maximum absolute atomic E-state index is 11.7. The molecule has 17 heavy (non-hydrogen) atoms. The first kappa shape index (κ1) is 12.2. The van der Waals surface area contributed by atoms with Gasteiger partial charge in [0.25, 0.3) is 0 Å². The smallest absolute Gasteiger partial charge is 0.312 e. The number of hydrogen-bond acceptors (Lipinski definition) is 2. The molecule has 0 aromatic heterocycles. The van der Waals surface area contributed by atoms with E-state index in [9.17, 15) is 4.79 Å². The van der Waals surface area contributed by atoms with Crippen molar-refractivity contribution in [2.75, 3.05) is 7.11 Å². The minimum absolute atomic E-state index is 0.0505. The lowest BCUT2D eigenvalue weighted by atomic mass is 9.94. The highest BCUT2D eigenvalue weighted by molar-refractivity contribution is 5.80. The third-order valence-electron chi connectivity index (χ3n) is 3.66. The Balaban J connectivity index is 2.07. The first-order valence-corrected chi connectivity index (χ1v) is 6.25. The Morgan fingerprint density at radius 2 is 1.88 bits per heavy atom. The van der Waals surface area contributed by atoms with Gasteiger partial charge in [-0.2, -0.15) is 0 Å².